The van der Waals surface area contributed by atoms with E-state index in [2.05, 4.69) is 0 Å². The Kier molecular flexibility index (Phi) is 3.86. The number of ether oxygens (including phenoxy) is 2. The van der Waals surface area contributed by atoms with Gasteiger partial charge in [-0.1, -0.05) is 6.07 Å². The van der Waals surface area contributed by atoms with Gasteiger partial charge in [0.2, 0.25) is 5.79 Å². The number of aliphatic hydroxyl groups is 1. The first-order valence-electron chi connectivity index (χ1n) is 7.42. The van der Waals surface area contributed by atoms with Gasteiger partial charge in [0, 0.05) is 36.8 Å². The Morgan fingerprint density at radius 3 is 2.35 bits per heavy atom. The van der Waals surface area contributed by atoms with Gasteiger partial charge in [0.25, 0.3) is 5.60 Å². The summed E-state index contributed by atoms with van der Waals surface area (Å²) in [5.74, 6) is -6.24. The van der Waals surface area contributed by atoms with Gasteiger partial charge in [-0.3, -0.25) is 0 Å². The number of aromatic hydroxyl groups is 4. The number of phenolic OH excluding ortho intramolecular Hbond substituents is 4. The maximum atomic E-state index is 12.2. The highest BCUT2D eigenvalue weighted by Gasteiger charge is 2.64. The van der Waals surface area contributed by atoms with E-state index >= 15 is 0 Å². The maximum absolute atomic E-state index is 12.2. The van der Waals surface area contributed by atoms with Gasteiger partial charge < -0.3 is 40.1 Å². The van der Waals surface area contributed by atoms with Crippen LogP contribution in [0.3, 0.4) is 0 Å². The molecule has 9 nitrogen and oxygen atoms in total. The second-order valence-corrected chi connectivity index (χ2v) is 5.90. The average Bonchev–Trinajstić information content (AvgIpc) is 2.57. The van der Waals surface area contributed by atoms with Crippen molar-refractivity contribution < 1.29 is 44.9 Å². The molecule has 3 rings (SSSR count). The minimum absolute atomic E-state index is 0.0343. The molecule has 0 aliphatic carbocycles. The molecule has 0 saturated heterocycles. The number of rotatable bonds is 3. The van der Waals surface area contributed by atoms with E-state index in [1.54, 1.807) is 0 Å². The third-order valence-corrected chi connectivity index (χ3v) is 4.42. The Bertz CT molecular complexity index is 894. The molecule has 2 atom stereocenters. The molecule has 0 radical (unpaired) electrons. The molecular weight excluding hydrogens is 348 g/mol. The highest BCUT2D eigenvalue weighted by Crippen LogP contribution is 2.50. The van der Waals surface area contributed by atoms with Crippen LogP contribution in [0.1, 0.15) is 11.1 Å². The van der Waals surface area contributed by atoms with Gasteiger partial charge >= 0.3 is 5.97 Å². The SMILES string of the molecule is COC1(O)Cc2c(O)cc(O)cc2OC1(C(=O)O)c1ccc(O)c(O)c1. The van der Waals surface area contributed by atoms with Crippen LogP contribution in [0.15, 0.2) is 30.3 Å². The zero-order chi connectivity index (χ0) is 19.3. The molecule has 2 aromatic rings. The highest BCUT2D eigenvalue weighted by atomic mass is 16.7. The largest absolute Gasteiger partial charge is 0.508 e. The van der Waals surface area contributed by atoms with Crippen LogP contribution in [0.5, 0.6) is 28.7 Å². The van der Waals surface area contributed by atoms with Crippen molar-refractivity contribution >= 4 is 5.97 Å². The van der Waals surface area contributed by atoms with E-state index in [0.29, 0.717) is 0 Å². The van der Waals surface area contributed by atoms with E-state index in [4.69, 9.17) is 9.47 Å². The molecule has 1 aliphatic heterocycles. The number of phenols is 4. The van der Waals surface area contributed by atoms with Crippen molar-refractivity contribution in [1.82, 2.24) is 0 Å². The summed E-state index contributed by atoms with van der Waals surface area (Å²) in [5, 5.41) is 59.8. The van der Waals surface area contributed by atoms with Gasteiger partial charge in [-0.25, -0.2) is 4.79 Å². The normalized spacial score (nSPS) is 24.5. The van der Waals surface area contributed by atoms with Crippen molar-refractivity contribution in [3.8, 4) is 28.7 Å². The van der Waals surface area contributed by atoms with Crippen LogP contribution in [0, 0.1) is 0 Å². The number of carbonyl (C=O) groups is 1. The second kappa shape index (κ2) is 5.68. The van der Waals surface area contributed by atoms with E-state index in [9.17, 15) is 35.4 Å². The highest BCUT2D eigenvalue weighted by molar-refractivity contribution is 5.83. The Labute approximate surface area is 146 Å². The molecule has 138 valence electrons. The summed E-state index contributed by atoms with van der Waals surface area (Å²) < 4.78 is 10.6. The Balaban J connectivity index is 2.31. The number of carboxylic acids is 1. The van der Waals surface area contributed by atoms with Crippen molar-refractivity contribution in [2.75, 3.05) is 7.11 Å². The lowest BCUT2D eigenvalue weighted by atomic mass is 9.78. The van der Waals surface area contributed by atoms with Crippen LogP contribution >= 0.6 is 0 Å². The lowest BCUT2D eigenvalue weighted by molar-refractivity contribution is -0.288. The van der Waals surface area contributed by atoms with Gasteiger partial charge in [0.1, 0.15) is 17.2 Å². The van der Waals surface area contributed by atoms with Crippen LogP contribution in [-0.2, 0) is 21.6 Å². The second-order valence-electron chi connectivity index (χ2n) is 5.90. The fourth-order valence-electron chi connectivity index (χ4n) is 3.07. The first-order valence-corrected chi connectivity index (χ1v) is 7.42. The maximum Gasteiger partial charge on any atom is 0.358 e. The lowest BCUT2D eigenvalue weighted by Crippen LogP contribution is -2.64. The number of hydrogen-bond acceptors (Lipinski definition) is 8. The van der Waals surface area contributed by atoms with Crippen molar-refractivity contribution in [2.24, 2.45) is 0 Å². The summed E-state index contributed by atoms with van der Waals surface area (Å²) >= 11 is 0. The van der Waals surface area contributed by atoms with Crippen LogP contribution in [-0.4, -0.2) is 49.5 Å². The minimum atomic E-state index is -2.56. The van der Waals surface area contributed by atoms with Crippen LogP contribution in [0.2, 0.25) is 0 Å². The standard InChI is InChI=1S/C17H16O9/c1-25-16(24)7-10-12(20)5-9(18)6-14(10)26-17(16,15(22)23)8-2-3-11(19)13(21)4-8/h2-6,18-21,24H,7H2,1H3,(H,22,23). The molecule has 26 heavy (non-hydrogen) atoms. The van der Waals surface area contributed by atoms with Crippen molar-refractivity contribution in [1.29, 1.82) is 0 Å². The summed E-state index contributed by atoms with van der Waals surface area (Å²) in [4.78, 5) is 12.2. The van der Waals surface area contributed by atoms with E-state index < -0.39 is 41.0 Å². The van der Waals surface area contributed by atoms with Gasteiger partial charge in [0.15, 0.2) is 11.5 Å². The zero-order valence-electron chi connectivity index (χ0n) is 13.5. The number of carboxylic acid groups (broad SMARTS) is 1. The molecule has 0 saturated carbocycles. The molecule has 2 unspecified atom stereocenters. The summed E-state index contributed by atoms with van der Waals surface area (Å²) in [6, 6.07) is 5.19. The third kappa shape index (κ3) is 2.29. The Hall–Kier alpha value is -3.17. The predicted octanol–water partition coefficient (Wildman–Crippen LogP) is 0.759. The van der Waals surface area contributed by atoms with Crippen LogP contribution < -0.4 is 4.74 Å². The zero-order valence-corrected chi connectivity index (χ0v) is 13.5. The number of methoxy groups -OCH3 is 1. The fraction of sp³-hybridized carbons (Fsp3) is 0.235. The number of benzene rings is 2. The summed E-state index contributed by atoms with van der Waals surface area (Å²) in [5.41, 5.74) is -2.75. The molecule has 0 fully saturated rings. The molecular formula is C17H16O9. The van der Waals surface area contributed by atoms with Crippen molar-refractivity contribution in [2.45, 2.75) is 17.8 Å². The smallest absolute Gasteiger partial charge is 0.358 e. The number of aliphatic carboxylic acids is 1. The Morgan fingerprint density at radius 2 is 1.77 bits per heavy atom. The van der Waals surface area contributed by atoms with Crippen LogP contribution in [0.25, 0.3) is 0 Å². The van der Waals surface area contributed by atoms with Gasteiger partial charge in [-0.2, -0.15) is 0 Å². The molecule has 0 bridgehead atoms. The monoisotopic (exact) mass is 364 g/mol. The van der Waals surface area contributed by atoms with E-state index in [1.807, 2.05) is 0 Å². The first kappa shape index (κ1) is 17.6. The Morgan fingerprint density at radius 1 is 1.08 bits per heavy atom. The van der Waals surface area contributed by atoms with E-state index in [-0.39, 0.29) is 22.6 Å². The number of fused-ring (bicyclic) bond motifs is 1. The average molecular weight is 364 g/mol. The molecule has 0 spiro atoms. The minimum Gasteiger partial charge on any atom is -0.508 e. The topological polar surface area (TPSA) is 157 Å². The molecule has 6 N–H and O–H groups in total. The summed E-state index contributed by atoms with van der Waals surface area (Å²) in [6.45, 7) is 0. The lowest BCUT2D eigenvalue weighted by Gasteiger charge is -2.46. The first-order chi connectivity index (χ1) is 12.1. The summed E-state index contributed by atoms with van der Waals surface area (Å²) in [7, 11) is 1.06. The molecule has 2 aromatic carbocycles. The van der Waals surface area contributed by atoms with Gasteiger partial charge in [0.05, 0.1) is 0 Å². The molecule has 9 heteroatoms. The molecule has 0 amide bonds. The van der Waals surface area contributed by atoms with Crippen LogP contribution in [0.4, 0.5) is 0 Å². The van der Waals surface area contributed by atoms with Crippen molar-refractivity contribution in [3.05, 3.63) is 41.5 Å². The number of hydrogen-bond donors (Lipinski definition) is 6. The van der Waals surface area contributed by atoms with E-state index in [1.165, 1.54) is 0 Å². The summed E-state index contributed by atoms with van der Waals surface area (Å²) in [6.07, 6.45) is -0.487. The van der Waals surface area contributed by atoms with Gasteiger partial charge in [-0.15, -0.1) is 0 Å². The quantitative estimate of drug-likeness (QED) is 0.342. The predicted molar refractivity (Wildman–Crippen MR) is 85.1 cm³/mol. The molecule has 0 aromatic heterocycles. The van der Waals surface area contributed by atoms with Gasteiger partial charge in [-0.05, 0) is 12.1 Å². The molecule has 1 aliphatic rings. The van der Waals surface area contributed by atoms with Crippen molar-refractivity contribution in [3.63, 3.8) is 0 Å². The fourth-order valence-corrected chi connectivity index (χ4v) is 3.07. The molecule has 1 heterocycles. The third-order valence-electron chi connectivity index (χ3n) is 4.42. The van der Waals surface area contributed by atoms with E-state index in [0.717, 1.165) is 37.4 Å².